The van der Waals surface area contributed by atoms with Crippen LogP contribution in [0.5, 0.6) is 0 Å². The molecule has 3 rings (SSSR count). The van der Waals surface area contributed by atoms with Crippen molar-refractivity contribution >= 4 is 16.8 Å². The van der Waals surface area contributed by atoms with E-state index in [0.717, 1.165) is 4.76 Å². The van der Waals surface area contributed by atoms with Gasteiger partial charge in [-0.05, 0) is 44.0 Å². The maximum Gasteiger partial charge on any atom is 0.252 e. The molecule has 28 heavy (non-hydrogen) atoms. The molecule has 1 aliphatic rings. The van der Waals surface area contributed by atoms with Crippen LogP contribution in [0.15, 0.2) is 23.0 Å². The number of nitrogens with zero attached hydrogens (tertiary/aromatic N) is 2. The second-order valence-electron chi connectivity index (χ2n) is 7.35. The van der Waals surface area contributed by atoms with Crippen molar-refractivity contribution in [1.29, 1.82) is 5.26 Å². The van der Waals surface area contributed by atoms with Crippen LogP contribution in [0.1, 0.15) is 30.9 Å². The number of halogens is 1. The van der Waals surface area contributed by atoms with Crippen LogP contribution in [0.4, 0.5) is 4.39 Å². The van der Waals surface area contributed by atoms with Gasteiger partial charge in [0.25, 0.3) is 5.56 Å². The van der Waals surface area contributed by atoms with Crippen molar-refractivity contribution in [3.8, 4) is 6.07 Å². The molecular formula is C20H22FN4O3+. The molecule has 2 N–H and O–H groups in total. The standard InChI is InChI=1S/C20H21FN4O3/c1-11-15-7-14(21)4-5-17(15)24-20(27)16(11)8-19(26)23-12(2)18-6-3-13(9-22)10-25(18)28/h4-5,7,12-13,18H,3,6,8,10H2,1-2H3,(H-,23,24,26,27)/p+1. The fourth-order valence-corrected chi connectivity index (χ4v) is 3.81. The zero-order valence-electron chi connectivity index (χ0n) is 15.8. The Bertz CT molecular complexity index is 1040. The Morgan fingerprint density at radius 3 is 2.89 bits per heavy atom. The van der Waals surface area contributed by atoms with Gasteiger partial charge in [-0.1, -0.05) is 0 Å². The van der Waals surface area contributed by atoms with E-state index in [4.69, 9.17) is 5.26 Å². The van der Waals surface area contributed by atoms with Crippen molar-refractivity contribution in [2.24, 2.45) is 5.92 Å². The van der Waals surface area contributed by atoms with Gasteiger partial charge in [-0.25, -0.2) is 4.39 Å². The molecule has 1 aliphatic heterocycles. The van der Waals surface area contributed by atoms with Crippen LogP contribution in [0.3, 0.4) is 0 Å². The van der Waals surface area contributed by atoms with Crippen LogP contribution in [0, 0.1) is 34.9 Å². The van der Waals surface area contributed by atoms with Gasteiger partial charge in [-0.2, -0.15) is 5.26 Å². The third-order valence-electron chi connectivity index (χ3n) is 5.43. The summed E-state index contributed by atoms with van der Waals surface area (Å²) in [5.74, 6) is -1.08. The van der Waals surface area contributed by atoms with E-state index in [2.05, 4.69) is 16.4 Å². The summed E-state index contributed by atoms with van der Waals surface area (Å²) in [6, 6.07) is 5.37. The molecule has 1 fully saturated rings. The lowest BCUT2D eigenvalue weighted by Crippen LogP contribution is -2.49. The Morgan fingerprint density at radius 2 is 2.21 bits per heavy atom. The summed E-state index contributed by atoms with van der Waals surface area (Å²) in [6.07, 6.45) is 0.984. The summed E-state index contributed by atoms with van der Waals surface area (Å²) in [6.45, 7) is 3.56. The minimum Gasteiger partial charge on any atom is -0.347 e. The Morgan fingerprint density at radius 1 is 1.46 bits per heavy atom. The molecule has 0 spiro atoms. The highest BCUT2D eigenvalue weighted by Gasteiger charge is 2.39. The maximum atomic E-state index is 13.6. The molecule has 2 heterocycles. The topological polar surface area (TPSA) is 106 Å². The fraction of sp³-hybridized carbons (Fsp3) is 0.450. The van der Waals surface area contributed by atoms with Crippen molar-refractivity contribution in [2.75, 3.05) is 6.54 Å². The number of hydrogen-bond acceptors (Lipinski definition) is 4. The van der Waals surface area contributed by atoms with Crippen LogP contribution in [0.25, 0.3) is 10.9 Å². The van der Waals surface area contributed by atoms with E-state index in [-0.39, 0.29) is 35.9 Å². The predicted octanol–water partition coefficient (Wildman–Crippen LogP) is 2.10. The van der Waals surface area contributed by atoms with E-state index in [1.807, 2.05) is 0 Å². The first-order valence-corrected chi connectivity index (χ1v) is 9.24. The molecule has 2 aromatic rings. The predicted molar refractivity (Wildman–Crippen MR) is 101 cm³/mol. The van der Waals surface area contributed by atoms with Gasteiger partial charge in [-0.3, -0.25) is 9.59 Å². The Balaban J connectivity index is 1.74. The number of rotatable bonds is 4. The van der Waals surface area contributed by atoms with Crippen LogP contribution >= 0.6 is 0 Å². The van der Waals surface area contributed by atoms with Gasteiger partial charge in [0.2, 0.25) is 18.5 Å². The van der Waals surface area contributed by atoms with Crippen LogP contribution < -0.4 is 10.9 Å². The second kappa shape index (κ2) is 7.89. The number of H-pyrrole nitrogens is 1. The maximum absolute atomic E-state index is 13.6. The van der Waals surface area contributed by atoms with Gasteiger partial charge in [0.15, 0.2) is 0 Å². The number of piperidine rings is 1. The van der Waals surface area contributed by atoms with Gasteiger partial charge >= 0.3 is 0 Å². The third kappa shape index (κ3) is 3.93. The molecule has 1 saturated heterocycles. The number of hydrogen-bond donors (Lipinski definition) is 2. The van der Waals surface area contributed by atoms with E-state index >= 15 is 0 Å². The van der Waals surface area contributed by atoms with Crippen molar-refractivity contribution in [3.63, 3.8) is 0 Å². The summed E-state index contributed by atoms with van der Waals surface area (Å²) in [4.78, 5) is 39.7. The third-order valence-corrected chi connectivity index (χ3v) is 5.43. The second-order valence-corrected chi connectivity index (χ2v) is 7.35. The van der Waals surface area contributed by atoms with Crippen LogP contribution in [-0.4, -0.2) is 34.3 Å². The molecule has 0 saturated carbocycles. The number of nitrogens with one attached hydrogen (secondary N) is 2. The molecule has 3 unspecified atom stereocenters. The SMILES string of the molecule is Cc1c(CC(=O)NC(C)C2CCC(C#N)C[N+]2=O)c(=O)[nH]c2ccc(F)cc12. The molecule has 0 radical (unpaired) electrons. The Hall–Kier alpha value is -3.08. The number of aromatic amines is 1. The normalized spacial score (nSPS) is 20.6. The first-order valence-electron chi connectivity index (χ1n) is 9.24. The van der Waals surface area contributed by atoms with Gasteiger partial charge in [0.1, 0.15) is 11.7 Å². The van der Waals surface area contributed by atoms with E-state index in [0.29, 0.717) is 29.3 Å². The highest BCUT2D eigenvalue weighted by molar-refractivity contribution is 5.85. The largest absolute Gasteiger partial charge is 0.347 e. The number of pyridine rings is 1. The lowest BCUT2D eigenvalue weighted by Gasteiger charge is -2.23. The zero-order valence-corrected chi connectivity index (χ0v) is 15.8. The highest BCUT2D eigenvalue weighted by atomic mass is 19.1. The first-order chi connectivity index (χ1) is 13.3. The number of fused-ring (bicyclic) bond motifs is 1. The van der Waals surface area contributed by atoms with Crippen molar-refractivity contribution in [2.45, 2.75) is 45.2 Å². The van der Waals surface area contributed by atoms with Gasteiger partial charge < -0.3 is 10.3 Å². The zero-order chi connectivity index (χ0) is 20.4. The Labute approximate surface area is 161 Å². The molecule has 146 valence electrons. The van der Waals surface area contributed by atoms with E-state index in [9.17, 15) is 18.9 Å². The number of carbonyl (C=O) groups is 1. The first kappa shape index (κ1) is 19.7. The summed E-state index contributed by atoms with van der Waals surface area (Å²) in [5, 5.41) is 12.3. The van der Waals surface area contributed by atoms with Gasteiger partial charge in [0, 0.05) is 32.6 Å². The fourth-order valence-electron chi connectivity index (χ4n) is 3.81. The molecule has 8 heteroatoms. The van der Waals surface area contributed by atoms with Crippen LogP contribution in [0.2, 0.25) is 0 Å². The minimum atomic E-state index is -0.421. The monoisotopic (exact) mass is 385 g/mol. The van der Waals surface area contributed by atoms with E-state index in [1.54, 1.807) is 13.8 Å². The Kier molecular flexibility index (Phi) is 5.54. The van der Waals surface area contributed by atoms with Crippen molar-refractivity contribution in [3.05, 3.63) is 50.4 Å². The minimum absolute atomic E-state index is 0.135. The number of carbonyl (C=O) groups excluding carboxylic acids is 1. The molecule has 7 nitrogen and oxygen atoms in total. The van der Waals surface area contributed by atoms with Crippen molar-refractivity contribution in [1.82, 2.24) is 10.3 Å². The summed E-state index contributed by atoms with van der Waals surface area (Å²) >= 11 is 0. The lowest BCUT2D eigenvalue weighted by molar-refractivity contribution is -0.603. The quantitative estimate of drug-likeness (QED) is 0.786. The van der Waals surface area contributed by atoms with Gasteiger partial charge in [0.05, 0.1) is 18.5 Å². The van der Waals surface area contributed by atoms with E-state index < -0.39 is 17.9 Å². The number of benzene rings is 1. The van der Waals surface area contributed by atoms with Crippen LogP contribution in [-0.2, 0) is 11.2 Å². The van der Waals surface area contributed by atoms with Gasteiger partial charge in [-0.15, -0.1) is 0 Å². The number of nitriles is 1. The molecule has 3 atom stereocenters. The number of amides is 1. The molecule has 1 aromatic carbocycles. The average molecular weight is 385 g/mol. The molecular weight excluding hydrogens is 363 g/mol. The smallest absolute Gasteiger partial charge is 0.252 e. The van der Waals surface area contributed by atoms with E-state index in [1.165, 1.54) is 18.2 Å². The average Bonchev–Trinajstić information content (AvgIpc) is 2.65. The highest BCUT2D eigenvalue weighted by Crippen LogP contribution is 2.21. The van der Waals surface area contributed by atoms with Crippen molar-refractivity contribution < 1.29 is 13.9 Å². The lowest BCUT2D eigenvalue weighted by atomic mass is 9.92. The number of aryl methyl sites for hydroxylation is 1. The summed E-state index contributed by atoms with van der Waals surface area (Å²) in [7, 11) is 0. The molecule has 1 amide bonds. The summed E-state index contributed by atoms with van der Waals surface area (Å²) < 4.78 is 14.4. The molecule has 0 bridgehead atoms. The number of nitroso groups, excluding NO2 is 1. The summed E-state index contributed by atoms with van der Waals surface area (Å²) in [5.41, 5.74) is 0.952. The molecule has 1 aromatic heterocycles. The number of aromatic nitrogens is 1. The molecule has 0 aliphatic carbocycles.